The summed E-state index contributed by atoms with van der Waals surface area (Å²) in [7, 11) is 1.69. The molecular weight excluding hydrogens is 286 g/mol. The lowest BCUT2D eigenvalue weighted by atomic mass is 9.96. The molecular formula is C16H17NO3S. The third kappa shape index (κ3) is 3.13. The molecule has 1 heterocycles. The predicted octanol–water partition coefficient (Wildman–Crippen LogP) is 3.34. The van der Waals surface area contributed by atoms with Crippen LogP contribution in [0.15, 0.2) is 29.6 Å². The van der Waals surface area contributed by atoms with Crippen molar-refractivity contribution >= 4 is 23.2 Å². The quantitative estimate of drug-likeness (QED) is 0.942. The van der Waals surface area contributed by atoms with Gasteiger partial charge in [0.2, 0.25) is 0 Å². The second kappa shape index (κ2) is 6.10. The van der Waals surface area contributed by atoms with Crippen LogP contribution < -0.4 is 0 Å². The van der Waals surface area contributed by atoms with Crippen molar-refractivity contribution in [3.63, 3.8) is 0 Å². The molecule has 1 amide bonds. The van der Waals surface area contributed by atoms with E-state index in [-0.39, 0.29) is 17.0 Å². The number of hydrogen-bond donors (Lipinski definition) is 1. The smallest absolute Gasteiger partial charge is 0.336 e. The Morgan fingerprint density at radius 3 is 2.29 bits per heavy atom. The Kier molecular flexibility index (Phi) is 4.43. The van der Waals surface area contributed by atoms with E-state index in [1.807, 2.05) is 17.5 Å². The van der Waals surface area contributed by atoms with Gasteiger partial charge < -0.3 is 10.0 Å². The van der Waals surface area contributed by atoms with Gasteiger partial charge in [-0.15, -0.1) is 11.3 Å². The van der Waals surface area contributed by atoms with E-state index in [1.54, 1.807) is 49.3 Å². The lowest BCUT2D eigenvalue weighted by Crippen LogP contribution is -2.28. The molecule has 0 bridgehead atoms. The van der Waals surface area contributed by atoms with Crippen LogP contribution in [0.5, 0.6) is 0 Å². The van der Waals surface area contributed by atoms with Crippen molar-refractivity contribution in [2.45, 2.75) is 20.4 Å². The highest BCUT2D eigenvalue weighted by atomic mass is 32.1. The number of hydrogen-bond acceptors (Lipinski definition) is 3. The maximum absolute atomic E-state index is 12.6. The van der Waals surface area contributed by atoms with E-state index in [4.69, 9.17) is 0 Å². The van der Waals surface area contributed by atoms with Crippen molar-refractivity contribution in [2.75, 3.05) is 7.05 Å². The second-order valence-electron chi connectivity index (χ2n) is 5.00. The molecule has 1 aromatic carbocycles. The van der Waals surface area contributed by atoms with Gasteiger partial charge in [0.25, 0.3) is 5.91 Å². The summed E-state index contributed by atoms with van der Waals surface area (Å²) < 4.78 is 0. The molecule has 0 aliphatic rings. The first-order valence-corrected chi connectivity index (χ1v) is 7.41. The normalized spacial score (nSPS) is 10.4. The summed E-state index contributed by atoms with van der Waals surface area (Å²) in [6.45, 7) is 3.94. The molecule has 0 spiro atoms. The second-order valence-corrected chi connectivity index (χ2v) is 6.03. The van der Waals surface area contributed by atoms with Crippen LogP contribution in [0.1, 0.15) is 36.7 Å². The average molecular weight is 303 g/mol. The minimum absolute atomic E-state index is 0.0954. The monoisotopic (exact) mass is 303 g/mol. The first-order chi connectivity index (χ1) is 9.91. The summed E-state index contributed by atoms with van der Waals surface area (Å²) in [5.41, 5.74) is 1.65. The van der Waals surface area contributed by atoms with Gasteiger partial charge in [0.05, 0.1) is 17.7 Å². The van der Waals surface area contributed by atoms with Crippen molar-refractivity contribution in [1.82, 2.24) is 4.90 Å². The summed E-state index contributed by atoms with van der Waals surface area (Å²) in [6.07, 6.45) is 0. The van der Waals surface area contributed by atoms with Crippen molar-refractivity contribution in [3.8, 4) is 0 Å². The molecule has 0 fully saturated rings. The number of carbonyl (C=O) groups excluding carboxylic acids is 1. The van der Waals surface area contributed by atoms with E-state index in [9.17, 15) is 14.7 Å². The molecule has 0 aliphatic heterocycles. The molecule has 4 nitrogen and oxygen atoms in total. The fourth-order valence-corrected chi connectivity index (χ4v) is 3.02. The maximum atomic E-state index is 12.6. The van der Waals surface area contributed by atoms with E-state index >= 15 is 0 Å². The maximum Gasteiger partial charge on any atom is 0.336 e. The first kappa shape index (κ1) is 15.3. The highest BCUT2D eigenvalue weighted by molar-refractivity contribution is 7.09. The zero-order valence-electron chi connectivity index (χ0n) is 12.2. The van der Waals surface area contributed by atoms with Crippen LogP contribution in [0.4, 0.5) is 0 Å². The molecule has 0 unspecified atom stereocenters. The standard InChI is InChI=1S/C16H17NO3S/c1-10-6-7-11(2)14(16(19)20)13(10)15(18)17(3)9-12-5-4-8-21-12/h4-8H,9H2,1-3H3,(H,19,20). The third-order valence-electron chi connectivity index (χ3n) is 3.37. The zero-order chi connectivity index (χ0) is 15.6. The van der Waals surface area contributed by atoms with Crippen LogP contribution in [-0.2, 0) is 6.54 Å². The first-order valence-electron chi connectivity index (χ1n) is 6.53. The van der Waals surface area contributed by atoms with Crippen LogP contribution in [0.3, 0.4) is 0 Å². The van der Waals surface area contributed by atoms with Crippen LogP contribution in [0.2, 0.25) is 0 Å². The summed E-state index contributed by atoms with van der Waals surface area (Å²) in [4.78, 5) is 26.7. The number of rotatable bonds is 4. The fourth-order valence-electron chi connectivity index (χ4n) is 2.26. The Labute approximate surface area is 127 Å². The number of aromatic carboxylic acids is 1. The lowest BCUT2D eigenvalue weighted by molar-refractivity contribution is 0.0679. The van der Waals surface area contributed by atoms with Gasteiger partial charge in [-0.1, -0.05) is 18.2 Å². The molecule has 0 atom stereocenters. The number of carbonyl (C=O) groups is 2. The summed E-state index contributed by atoms with van der Waals surface area (Å²) in [6, 6.07) is 7.40. The van der Waals surface area contributed by atoms with Gasteiger partial charge in [0.15, 0.2) is 0 Å². The topological polar surface area (TPSA) is 57.6 Å². The van der Waals surface area contributed by atoms with Gasteiger partial charge in [0.1, 0.15) is 0 Å². The third-order valence-corrected chi connectivity index (χ3v) is 4.23. The largest absolute Gasteiger partial charge is 0.478 e. The number of aryl methyl sites for hydroxylation is 2. The summed E-state index contributed by atoms with van der Waals surface area (Å²) in [5.74, 6) is -1.33. The van der Waals surface area contributed by atoms with Crippen LogP contribution in [0, 0.1) is 13.8 Å². The minimum Gasteiger partial charge on any atom is -0.478 e. The van der Waals surface area contributed by atoms with Crippen molar-refractivity contribution in [2.24, 2.45) is 0 Å². The van der Waals surface area contributed by atoms with E-state index in [2.05, 4.69) is 0 Å². The van der Waals surface area contributed by atoms with Crippen molar-refractivity contribution in [3.05, 3.63) is 56.8 Å². The number of thiophene rings is 1. The molecule has 2 aromatic rings. The van der Waals surface area contributed by atoms with Gasteiger partial charge in [-0.05, 0) is 36.4 Å². The molecule has 21 heavy (non-hydrogen) atoms. The Hall–Kier alpha value is -2.14. The molecule has 0 saturated heterocycles. The molecule has 0 saturated carbocycles. The Balaban J connectivity index is 2.38. The van der Waals surface area contributed by atoms with Crippen molar-refractivity contribution in [1.29, 1.82) is 0 Å². The molecule has 0 radical (unpaired) electrons. The van der Waals surface area contributed by atoms with E-state index < -0.39 is 5.97 Å². The number of carboxylic acid groups (broad SMARTS) is 1. The van der Waals surface area contributed by atoms with Crippen molar-refractivity contribution < 1.29 is 14.7 Å². The van der Waals surface area contributed by atoms with E-state index in [0.717, 1.165) is 4.88 Å². The number of carboxylic acids is 1. The van der Waals surface area contributed by atoms with E-state index in [0.29, 0.717) is 17.7 Å². The lowest BCUT2D eigenvalue weighted by Gasteiger charge is -2.20. The fraction of sp³-hybridized carbons (Fsp3) is 0.250. The zero-order valence-corrected chi connectivity index (χ0v) is 13.0. The highest BCUT2D eigenvalue weighted by Crippen LogP contribution is 2.21. The van der Waals surface area contributed by atoms with Gasteiger partial charge in [-0.25, -0.2) is 4.79 Å². The van der Waals surface area contributed by atoms with Gasteiger partial charge in [0, 0.05) is 11.9 Å². The Morgan fingerprint density at radius 1 is 1.14 bits per heavy atom. The predicted molar refractivity (Wildman–Crippen MR) is 83.0 cm³/mol. The van der Waals surface area contributed by atoms with Crippen LogP contribution >= 0.6 is 11.3 Å². The SMILES string of the molecule is Cc1ccc(C)c(C(=O)N(C)Cc2cccs2)c1C(=O)O. The number of nitrogens with zero attached hydrogens (tertiary/aromatic N) is 1. The number of amides is 1. The van der Waals surface area contributed by atoms with Crippen LogP contribution in [0.25, 0.3) is 0 Å². The minimum atomic E-state index is -1.07. The van der Waals surface area contributed by atoms with Crippen LogP contribution in [-0.4, -0.2) is 28.9 Å². The van der Waals surface area contributed by atoms with Gasteiger partial charge in [-0.2, -0.15) is 0 Å². The molecule has 1 N–H and O–H groups in total. The van der Waals surface area contributed by atoms with Gasteiger partial charge >= 0.3 is 5.97 Å². The molecule has 5 heteroatoms. The molecule has 110 valence electrons. The number of benzene rings is 1. The molecule has 0 aliphatic carbocycles. The average Bonchev–Trinajstić information content (AvgIpc) is 2.92. The molecule has 2 rings (SSSR count). The van der Waals surface area contributed by atoms with E-state index in [1.165, 1.54) is 0 Å². The Morgan fingerprint density at radius 2 is 1.76 bits per heavy atom. The Bertz CT molecular complexity index is 677. The van der Waals surface area contributed by atoms with Gasteiger partial charge in [-0.3, -0.25) is 4.79 Å². The summed E-state index contributed by atoms with van der Waals surface area (Å²) in [5, 5.41) is 11.3. The highest BCUT2D eigenvalue weighted by Gasteiger charge is 2.23. The molecule has 1 aromatic heterocycles. The summed E-state index contributed by atoms with van der Waals surface area (Å²) >= 11 is 1.57.